The first kappa shape index (κ1) is 21.6. The van der Waals surface area contributed by atoms with Crippen LogP contribution in [0.4, 0.5) is 5.69 Å². The van der Waals surface area contributed by atoms with E-state index in [2.05, 4.69) is 17.4 Å². The molecule has 1 aromatic heterocycles. The van der Waals surface area contributed by atoms with Crippen LogP contribution in [0.25, 0.3) is 11.1 Å². The summed E-state index contributed by atoms with van der Waals surface area (Å²) in [5.74, 6) is 0.662. The van der Waals surface area contributed by atoms with Crippen LogP contribution in [-0.4, -0.2) is 35.4 Å². The van der Waals surface area contributed by atoms with Crippen molar-refractivity contribution in [2.45, 2.75) is 32.7 Å². The zero-order valence-electron chi connectivity index (χ0n) is 18.6. The number of benzene rings is 2. The molecule has 0 radical (unpaired) electrons. The third-order valence-corrected chi connectivity index (χ3v) is 5.70. The predicted octanol–water partition coefficient (Wildman–Crippen LogP) is 5.00. The Labute approximate surface area is 188 Å². The molecule has 2 heterocycles. The number of ether oxygens (including phenoxy) is 1. The number of hydrogen-bond acceptors (Lipinski definition) is 4. The van der Waals surface area contributed by atoms with Crippen molar-refractivity contribution in [1.82, 2.24) is 9.88 Å². The highest BCUT2D eigenvalue weighted by atomic mass is 16.5. The summed E-state index contributed by atoms with van der Waals surface area (Å²) in [7, 11) is 1.66. The lowest BCUT2D eigenvalue weighted by molar-refractivity contribution is -0.114. The van der Waals surface area contributed by atoms with E-state index in [0.29, 0.717) is 17.8 Å². The van der Waals surface area contributed by atoms with Gasteiger partial charge in [0, 0.05) is 30.4 Å². The second kappa shape index (κ2) is 9.22. The first-order valence-electron chi connectivity index (χ1n) is 10.8. The van der Waals surface area contributed by atoms with E-state index in [0.717, 1.165) is 41.1 Å². The van der Waals surface area contributed by atoms with Gasteiger partial charge in [-0.2, -0.15) is 0 Å². The number of aromatic nitrogens is 1. The number of carbonyl (C=O) groups is 2. The number of aryl methyl sites for hydroxylation is 1. The van der Waals surface area contributed by atoms with Gasteiger partial charge >= 0.3 is 0 Å². The van der Waals surface area contributed by atoms with Gasteiger partial charge in [-0.05, 0) is 79.4 Å². The van der Waals surface area contributed by atoms with Crippen LogP contribution in [-0.2, 0) is 4.79 Å². The van der Waals surface area contributed by atoms with E-state index in [-0.39, 0.29) is 17.9 Å². The monoisotopic (exact) mass is 429 g/mol. The van der Waals surface area contributed by atoms with Crippen LogP contribution >= 0.6 is 0 Å². The molecule has 1 saturated heterocycles. The Morgan fingerprint density at radius 3 is 2.41 bits per heavy atom. The van der Waals surface area contributed by atoms with E-state index in [4.69, 9.17) is 9.72 Å². The molecule has 1 N–H and O–H groups in total. The number of methoxy groups -OCH3 is 1. The molecule has 0 spiro atoms. The molecular weight excluding hydrogens is 402 g/mol. The summed E-state index contributed by atoms with van der Waals surface area (Å²) >= 11 is 0. The summed E-state index contributed by atoms with van der Waals surface area (Å²) < 4.78 is 5.27. The van der Waals surface area contributed by atoms with E-state index >= 15 is 0 Å². The number of amides is 2. The molecule has 2 amide bonds. The normalized spacial score (nSPS) is 15.5. The molecule has 1 fully saturated rings. The summed E-state index contributed by atoms with van der Waals surface area (Å²) in [6, 6.07) is 19.1. The lowest BCUT2D eigenvalue weighted by Crippen LogP contribution is -2.31. The van der Waals surface area contributed by atoms with Crippen LogP contribution in [0.2, 0.25) is 0 Å². The van der Waals surface area contributed by atoms with Crippen molar-refractivity contribution >= 4 is 17.5 Å². The zero-order valence-corrected chi connectivity index (χ0v) is 18.6. The molecule has 6 heteroatoms. The first-order valence-corrected chi connectivity index (χ1v) is 10.8. The van der Waals surface area contributed by atoms with Crippen LogP contribution < -0.4 is 10.1 Å². The van der Waals surface area contributed by atoms with Gasteiger partial charge in [-0.3, -0.25) is 14.6 Å². The minimum atomic E-state index is -0.137. The van der Waals surface area contributed by atoms with Gasteiger partial charge in [0.2, 0.25) is 5.91 Å². The van der Waals surface area contributed by atoms with Gasteiger partial charge in [-0.15, -0.1) is 0 Å². The van der Waals surface area contributed by atoms with Crippen molar-refractivity contribution in [1.29, 1.82) is 0 Å². The molecule has 2 aromatic carbocycles. The number of nitrogens with zero attached hydrogens (tertiary/aromatic N) is 2. The van der Waals surface area contributed by atoms with Crippen molar-refractivity contribution in [2.24, 2.45) is 0 Å². The Morgan fingerprint density at radius 1 is 1.03 bits per heavy atom. The van der Waals surface area contributed by atoms with Gasteiger partial charge in [0.15, 0.2) is 0 Å². The number of rotatable bonds is 5. The number of hydrogen-bond donors (Lipinski definition) is 1. The molecule has 0 saturated carbocycles. The maximum atomic E-state index is 13.3. The van der Waals surface area contributed by atoms with Gasteiger partial charge < -0.3 is 15.0 Å². The molecule has 1 aliphatic rings. The topological polar surface area (TPSA) is 71.5 Å². The Bertz CT molecular complexity index is 1120. The molecule has 32 heavy (non-hydrogen) atoms. The van der Waals surface area contributed by atoms with Crippen molar-refractivity contribution in [3.05, 3.63) is 77.6 Å². The molecule has 1 atom stereocenters. The van der Waals surface area contributed by atoms with E-state index in [1.165, 1.54) is 6.92 Å². The average Bonchev–Trinajstić information content (AvgIpc) is 3.28. The molecule has 4 rings (SSSR count). The molecule has 3 aromatic rings. The molecule has 0 unspecified atom stereocenters. The molecule has 1 aliphatic heterocycles. The second-order valence-corrected chi connectivity index (χ2v) is 8.07. The van der Waals surface area contributed by atoms with Gasteiger partial charge in [0.25, 0.3) is 5.91 Å². The van der Waals surface area contributed by atoms with Crippen molar-refractivity contribution in [3.8, 4) is 16.9 Å². The average molecular weight is 430 g/mol. The third kappa shape index (κ3) is 4.64. The van der Waals surface area contributed by atoms with Gasteiger partial charge in [-0.25, -0.2) is 0 Å². The number of carbonyl (C=O) groups excluding carboxylic acids is 2. The van der Waals surface area contributed by atoms with E-state index < -0.39 is 0 Å². The molecule has 0 aliphatic carbocycles. The third-order valence-electron chi connectivity index (χ3n) is 5.70. The first-order chi connectivity index (χ1) is 15.4. The standard InChI is InChI=1S/C26H27N3O3/c1-17-15-21(19-8-12-23(32-3)13-9-19)16-24(27-17)25-5-4-14-29(25)26(31)20-6-10-22(11-7-20)28-18(2)30/h6-13,15-16,25H,4-5,14H2,1-3H3,(H,28,30)/t25-/m1/s1. The number of nitrogens with one attached hydrogen (secondary N) is 1. The molecule has 0 bridgehead atoms. The van der Waals surface area contributed by atoms with Crippen LogP contribution in [0.3, 0.4) is 0 Å². The van der Waals surface area contributed by atoms with Gasteiger partial charge in [-0.1, -0.05) is 12.1 Å². The van der Waals surface area contributed by atoms with Crippen molar-refractivity contribution in [2.75, 3.05) is 19.0 Å². The Balaban J connectivity index is 1.59. The summed E-state index contributed by atoms with van der Waals surface area (Å²) in [6.07, 6.45) is 1.82. The number of likely N-dealkylation sites (tertiary alicyclic amines) is 1. The Kier molecular flexibility index (Phi) is 6.21. The zero-order chi connectivity index (χ0) is 22.7. The summed E-state index contributed by atoms with van der Waals surface area (Å²) in [4.78, 5) is 31.2. The molecule has 164 valence electrons. The van der Waals surface area contributed by atoms with Crippen molar-refractivity contribution < 1.29 is 14.3 Å². The SMILES string of the molecule is COc1ccc(-c2cc(C)nc([C@H]3CCCN3C(=O)c3ccc(NC(C)=O)cc3)c2)cc1. The quantitative estimate of drug-likeness (QED) is 0.619. The maximum absolute atomic E-state index is 13.3. The summed E-state index contributed by atoms with van der Waals surface area (Å²) in [6.45, 7) is 4.14. The van der Waals surface area contributed by atoms with Gasteiger partial charge in [0.1, 0.15) is 5.75 Å². The highest BCUT2D eigenvalue weighted by molar-refractivity contribution is 5.96. The van der Waals surface area contributed by atoms with Crippen molar-refractivity contribution in [3.63, 3.8) is 0 Å². The Morgan fingerprint density at radius 2 is 1.75 bits per heavy atom. The smallest absolute Gasteiger partial charge is 0.254 e. The van der Waals surface area contributed by atoms with E-state index in [1.807, 2.05) is 36.1 Å². The lowest BCUT2D eigenvalue weighted by Gasteiger charge is -2.25. The summed E-state index contributed by atoms with van der Waals surface area (Å²) in [5.41, 5.74) is 5.28. The fourth-order valence-electron chi connectivity index (χ4n) is 4.20. The van der Waals surface area contributed by atoms with E-state index in [1.54, 1.807) is 31.4 Å². The maximum Gasteiger partial charge on any atom is 0.254 e. The van der Waals surface area contributed by atoms with Crippen LogP contribution in [0.15, 0.2) is 60.7 Å². The predicted molar refractivity (Wildman–Crippen MR) is 125 cm³/mol. The molecular formula is C26H27N3O3. The van der Waals surface area contributed by atoms with Crippen LogP contribution in [0, 0.1) is 6.92 Å². The lowest BCUT2D eigenvalue weighted by atomic mass is 10.0. The highest BCUT2D eigenvalue weighted by Crippen LogP contribution is 2.34. The molecule has 6 nitrogen and oxygen atoms in total. The summed E-state index contributed by atoms with van der Waals surface area (Å²) in [5, 5.41) is 2.73. The van der Waals surface area contributed by atoms with Gasteiger partial charge in [0.05, 0.1) is 18.8 Å². The van der Waals surface area contributed by atoms with Crippen LogP contribution in [0.5, 0.6) is 5.75 Å². The minimum Gasteiger partial charge on any atom is -0.497 e. The number of pyridine rings is 1. The second-order valence-electron chi connectivity index (χ2n) is 8.07. The fraction of sp³-hybridized carbons (Fsp3) is 0.269. The van der Waals surface area contributed by atoms with E-state index in [9.17, 15) is 9.59 Å². The highest BCUT2D eigenvalue weighted by Gasteiger charge is 2.32. The van der Waals surface area contributed by atoms with Crippen LogP contribution in [0.1, 0.15) is 47.6 Å². The largest absolute Gasteiger partial charge is 0.497 e. The fourth-order valence-corrected chi connectivity index (χ4v) is 4.20. The Hall–Kier alpha value is -3.67. The minimum absolute atomic E-state index is 0.0174. The number of anilines is 1.